The number of hydrogen-bond acceptors (Lipinski definition) is 2. The molecular formula is C34H71NO. The first-order valence-corrected chi connectivity index (χ1v) is 17.1. The van der Waals surface area contributed by atoms with Crippen molar-refractivity contribution >= 4 is 0 Å². The standard InChI is InChI=1S/C34H71NO/c1-4-6-8-10-12-14-16-18-20-22-24-26-28-30-32-35(34(3)36)33-31-29-27-25-23-21-19-17-15-13-11-9-7-5-2/h34,36H,4-33H2,1-3H3. The van der Waals surface area contributed by atoms with E-state index in [-0.39, 0.29) is 6.23 Å². The van der Waals surface area contributed by atoms with Crippen LogP contribution in [0.2, 0.25) is 0 Å². The molecule has 36 heavy (non-hydrogen) atoms. The van der Waals surface area contributed by atoms with Gasteiger partial charge in [-0.1, -0.05) is 181 Å². The van der Waals surface area contributed by atoms with Gasteiger partial charge in [0.1, 0.15) is 6.23 Å². The molecule has 1 atom stereocenters. The number of aliphatic hydroxyl groups excluding tert-OH is 1. The molecule has 0 radical (unpaired) electrons. The third-order valence-corrected chi connectivity index (χ3v) is 8.13. The van der Waals surface area contributed by atoms with E-state index in [1.54, 1.807) is 0 Å². The van der Waals surface area contributed by atoms with E-state index >= 15 is 0 Å². The molecule has 218 valence electrons. The summed E-state index contributed by atoms with van der Waals surface area (Å²) < 4.78 is 0. The van der Waals surface area contributed by atoms with E-state index in [0.29, 0.717) is 0 Å². The lowest BCUT2D eigenvalue weighted by atomic mass is 10.0. The topological polar surface area (TPSA) is 23.5 Å². The summed E-state index contributed by atoms with van der Waals surface area (Å²) in [5.74, 6) is 0. The van der Waals surface area contributed by atoms with Crippen molar-refractivity contribution in [3.63, 3.8) is 0 Å². The Balaban J connectivity index is 3.39. The zero-order valence-corrected chi connectivity index (χ0v) is 25.7. The highest BCUT2D eigenvalue weighted by Gasteiger charge is 2.09. The number of nitrogens with zero attached hydrogens (tertiary/aromatic N) is 1. The third-order valence-electron chi connectivity index (χ3n) is 8.13. The van der Waals surface area contributed by atoms with Crippen molar-refractivity contribution in [1.29, 1.82) is 0 Å². The molecule has 0 aromatic carbocycles. The minimum atomic E-state index is -0.283. The van der Waals surface area contributed by atoms with Gasteiger partial charge in [-0.3, -0.25) is 4.90 Å². The Morgan fingerprint density at radius 1 is 0.361 bits per heavy atom. The minimum Gasteiger partial charge on any atom is -0.379 e. The normalized spacial score (nSPS) is 12.6. The monoisotopic (exact) mass is 510 g/mol. The van der Waals surface area contributed by atoms with Crippen LogP contribution in [-0.2, 0) is 0 Å². The maximum absolute atomic E-state index is 10.1. The smallest absolute Gasteiger partial charge is 0.104 e. The van der Waals surface area contributed by atoms with Crippen molar-refractivity contribution in [2.75, 3.05) is 13.1 Å². The fraction of sp³-hybridized carbons (Fsp3) is 1.00. The highest BCUT2D eigenvalue weighted by Crippen LogP contribution is 2.15. The molecule has 0 aliphatic carbocycles. The van der Waals surface area contributed by atoms with Crippen LogP contribution in [0, 0.1) is 0 Å². The Hall–Kier alpha value is -0.0800. The summed E-state index contributed by atoms with van der Waals surface area (Å²) in [6.45, 7) is 8.70. The maximum atomic E-state index is 10.1. The van der Waals surface area contributed by atoms with E-state index in [4.69, 9.17) is 0 Å². The van der Waals surface area contributed by atoms with E-state index in [1.165, 1.54) is 180 Å². The van der Waals surface area contributed by atoms with Crippen LogP contribution in [0.1, 0.15) is 201 Å². The van der Waals surface area contributed by atoms with Gasteiger partial charge in [-0.05, 0) is 19.8 Å². The van der Waals surface area contributed by atoms with Gasteiger partial charge in [0, 0.05) is 13.1 Å². The highest BCUT2D eigenvalue weighted by atomic mass is 16.3. The lowest BCUT2D eigenvalue weighted by Gasteiger charge is -2.25. The quantitative estimate of drug-likeness (QED) is 0.0741. The van der Waals surface area contributed by atoms with Gasteiger partial charge in [0.2, 0.25) is 0 Å². The molecule has 0 aliphatic heterocycles. The van der Waals surface area contributed by atoms with Gasteiger partial charge in [0.05, 0.1) is 0 Å². The van der Waals surface area contributed by atoms with E-state index in [9.17, 15) is 5.11 Å². The second kappa shape index (κ2) is 31.1. The highest BCUT2D eigenvalue weighted by molar-refractivity contribution is 4.60. The zero-order valence-electron chi connectivity index (χ0n) is 25.7. The van der Waals surface area contributed by atoms with Crippen LogP contribution < -0.4 is 0 Å². The molecule has 0 spiro atoms. The Labute approximate surface area is 229 Å². The molecule has 0 saturated heterocycles. The van der Waals surface area contributed by atoms with Gasteiger partial charge in [0.25, 0.3) is 0 Å². The summed E-state index contributed by atoms with van der Waals surface area (Å²) in [5.41, 5.74) is 0. The van der Waals surface area contributed by atoms with Crippen LogP contribution in [-0.4, -0.2) is 29.3 Å². The van der Waals surface area contributed by atoms with Crippen LogP contribution >= 0.6 is 0 Å². The Bertz CT molecular complexity index is 351. The van der Waals surface area contributed by atoms with Gasteiger partial charge >= 0.3 is 0 Å². The molecule has 0 aromatic rings. The number of rotatable bonds is 31. The fourth-order valence-corrected chi connectivity index (χ4v) is 5.50. The zero-order chi connectivity index (χ0) is 26.4. The first kappa shape index (κ1) is 35.9. The summed E-state index contributed by atoms with van der Waals surface area (Å²) in [6.07, 6.45) is 39.2. The van der Waals surface area contributed by atoms with E-state index in [2.05, 4.69) is 18.7 Å². The molecule has 1 unspecified atom stereocenters. The molecule has 0 heterocycles. The lowest BCUT2D eigenvalue weighted by Crippen LogP contribution is -2.34. The average Bonchev–Trinajstić information content (AvgIpc) is 2.87. The summed E-state index contributed by atoms with van der Waals surface area (Å²) in [4.78, 5) is 2.31. The van der Waals surface area contributed by atoms with Gasteiger partial charge < -0.3 is 5.11 Å². The van der Waals surface area contributed by atoms with Crippen LogP contribution in [0.5, 0.6) is 0 Å². The van der Waals surface area contributed by atoms with Crippen LogP contribution in [0.4, 0.5) is 0 Å². The largest absolute Gasteiger partial charge is 0.379 e. The van der Waals surface area contributed by atoms with Crippen molar-refractivity contribution in [3.05, 3.63) is 0 Å². The van der Waals surface area contributed by atoms with Crippen LogP contribution in [0.3, 0.4) is 0 Å². The number of aliphatic hydroxyl groups is 1. The second-order valence-corrected chi connectivity index (χ2v) is 11.9. The molecule has 1 N–H and O–H groups in total. The molecule has 0 aliphatic rings. The van der Waals surface area contributed by atoms with Gasteiger partial charge in [-0.2, -0.15) is 0 Å². The summed E-state index contributed by atoms with van der Waals surface area (Å²) in [7, 11) is 0. The van der Waals surface area contributed by atoms with E-state index in [0.717, 1.165) is 13.1 Å². The predicted octanol–water partition coefficient (Wildman–Crippen LogP) is 11.6. The molecule has 0 saturated carbocycles. The van der Waals surface area contributed by atoms with Gasteiger partial charge in [0.15, 0.2) is 0 Å². The first-order chi connectivity index (χ1) is 17.7. The van der Waals surface area contributed by atoms with Crippen molar-refractivity contribution < 1.29 is 5.11 Å². The van der Waals surface area contributed by atoms with E-state index in [1.807, 2.05) is 6.92 Å². The number of unbranched alkanes of at least 4 members (excludes halogenated alkanes) is 26. The average molecular weight is 510 g/mol. The molecule has 0 bridgehead atoms. The van der Waals surface area contributed by atoms with Gasteiger partial charge in [-0.15, -0.1) is 0 Å². The van der Waals surface area contributed by atoms with Crippen LogP contribution in [0.15, 0.2) is 0 Å². The molecule has 0 aromatic heterocycles. The van der Waals surface area contributed by atoms with Crippen molar-refractivity contribution in [1.82, 2.24) is 4.90 Å². The molecule has 0 amide bonds. The predicted molar refractivity (Wildman–Crippen MR) is 164 cm³/mol. The van der Waals surface area contributed by atoms with E-state index < -0.39 is 0 Å². The molecule has 0 fully saturated rings. The fourth-order valence-electron chi connectivity index (χ4n) is 5.50. The lowest BCUT2D eigenvalue weighted by molar-refractivity contribution is 0.0163. The molecule has 0 rings (SSSR count). The third kappa shape index (κ3) is 28.5. The van der Waals surface area contributed by atoms with Crippen molar-refractivity contribution in [2.24, 2.45) is 0 Å². The maximum Gasteiger partial charge on any atom is 0.104 e. The Morgan fingerprint density at radius 3 is 0.750 bits per heavy atom. The van der Waals surface area contributed by atoms with Crippen LogP contribution in [0.25, 0.3) is 0 Å². The Kier molecular flexibility index (Phi) is 31.1. The van der Waals surface area contributed by atoms with Gasteiger partial charge in [-0.25, -0.2) is 0 Å². The van der Waals surface area contributed by atoms with Crippen molar-refractivity contribution in [3.8, 4) is 0 Å². The van der Waals surface area contributed by atoms with Crippen molar-refractivity contribution in [2.45, 2.75) is 207 Å². The molecular weight excluding hydrogens is 438 g/mol. The first-order valence-electron chi connectivity index (χ1n) is 17.1. The second-order valence-electron chi connectivity index (χ2n) is 11.9. The molecule has 2 nitrogen and oxygen atoms in total. The number of hydrogen-bond donors (Lipinski definition) is 1. The molecule has 2 heteroatoms. The minimum absolute atomic E-state index is 0.283. The Morgan fingerprint density at radius 2 is 0.556 bits per heavy atom. The summed E-state index contributed by atoms with van der Waals surface area (Å²) in [5, 5.41) is 10.1. The summed E-state index contributed by atoms with van der Waals surface area (Å²) in [6, 6.07) is 0. The summed E-state index contributed by atoms with van der Waals surface area (Å²) >= 11 is 0. The SMILES string of the molecule is CCCCCCCCCCCCCCCCN(CCCCCCCCCCCCCCCC)C(C)O.